The van der Waals surface area contributed by atoms with Crippen molar-refractivity contribution in [1.29, 1.82) is 0 Å². The average molecular weight is 211 g/mol. The number of carbonyl (C=O) groups excluding carboxylic acids is 1. The van der Waals surface area contributed by atoms with Crippen LogP contribution in [0.15, 0.2) is 12.4 Å². The highest BCUT2D eigenvalue weighted by molar-refractivity contribution is 5.71. The highest BCUT2D eigenvalue weighted by Gasteiger charge is 2.10. The molecule has 0 aliphatic carbocycles. The lowest BCUT2D eigenvalue weighted by atomic mass is 10.3. The minimum Gasteiger partial charge on any atom is -0.468 e. The van der Waals surface area contributed by atoms with Gasteiger partial charge in [-0.25, -0.2) is 0 Å². The molecule has 0 N–H and O–H groups in total. The van der Waals surface area contributed by atoms with Gasteiger partial charge in [-0.1, -0.05) is 6.92 Å². The molecular weight excluding hydrogens is 194 g/mol. The number of methoxy groups -OCH3 is 1. The molecular formula is C10H17N3O2. The summed E-state index contributed by atoms with van der Waals surface area (Å²) in [4.78, 5) is 13.1. The zero-order valence-corrected chi connectivity index (χ0v) is 9.43. The van der Waals surface area contributed by atoms with Gasteiger partial charge in [-0.15, -0.1) is 0 Å². The van der Waals surface area contributed by atoms with E-state index in [0.29, 0.717) is 6.54 Å². The van der Waals surface area contributed by atoms with Gasteiger partial charge in [-0.2, -0.15) is 5.10 Å². The minimum atomic E-state index is -0.208. The van der Waals surface area contributed by atoms with Crippen molar-refractivity contribution in [2.24, 2.45) is 7.05 Å². The smallest absolute Gasteiger partial charge is 0.319 e. The maximum absolute atomic E-state index is 11.1. The summed E-state index contributed by atoms with van der Waals surface area (Å²) in [6, 6.07) is 0. The van der Waals surface area contributed by atoms with Crippen molar-refractivity contribution < 1.29 is 9.53 Å². The molecule has 0 radical (unpaired) electrons. The number of ether oxygens (including phenoxy) is 1. The number of hydrogen-bond acceptors (Lipinski definition) is 4. The average Bonchev–Trinajstić information content (AvgIpc) is 2.62. The molecule has 5 nitrogen and oxygen atoms in total. The van der Waals surface area contributed by atoms with Crippen molar-refractivity contribution in [3.8, 4) is 0 Å². The summed E-state index contributed by atoms with van der Waals surface area (Å²) in [5.74, 6) is -0.208. The van der Waals surface area contributed by atoms with Crippen molar-refractivity contribution in [2.45, 2.75) is 13.5 Å². The molecule has 0 atom stereocenters. The molecule has 15 heavy (non-hydrogen) atoms. The summed E-state index contributed by atoms with van der Waals surface area (Å²) in [6.07, 6.45) is 3.75. The lowest BCUT2D eigenvalue weighted by Gasteiger charge is -2.17. The first-order chi connectivity index (χ1) is 7.15. The SMILES string of the molecule is CCN(CC(=O)OC)Cc1cnn(C)c1. The van der Waals surface area contributed by atoms with Gasteiger partial charge in [0.05, 0.1) is 19.9 Å². The van der Waals surface area contributed by atoms with Crippen LogP contribution in [-0.2, 0) is 23.1 Å². The monoisotopic (exact) mass is 211 g/mol. The third-order valence-corrected chi connectivity index (χ3v) is 2.19. The molecule has 1 rings (SSSR count). The van der Waals surface area contributed by atoms with Crippen LogP contribution in [0.2, 0.25) is 0 Å². The maximum atomic E-state index is 11.1. The Bertz CT molecular complexity index is 322. The van der Waals surface area contributed by atoms with Gasteiger partial charge in [-0.3, -0.25) is 14.4 Å². The Morgan fingerprint density at radius 3 is 2.87 bits per heavy atom. The second-order valence-corrected chi connectivity index (χ2v) is 3.40. The van der Waals surface area contributed by atoms with Crippen LogP contribution in [0.1, 0.15) is 12.5 Å². The van der Waals surface area contributed by atoms with Gasteiger partial charge in [0, 0.05) is 25.4 Å². The van der Waals surface area contributed by atoms with E-state index in [-0.39, 0.29) is 5.97 Å². The van der Waals surface area contributed by atoms with E-state index >= 15 is 0 Å². The first-order valence-corrected chi connectivity index (χ1v) is 4.92. The van der Waals surface area contributed by atoms with Gasteiger partial charge >= 0.3 is 5.97 Å². The fourth-order valence-corrected chi connectivity index (χ4v) is 1.34. The zero-order chi connectivity index (χ0) is 11.3. The number of nitrogens with zero attached hydrogens (tertiary/aromatic N) is 3. The Balaban J connectivity index is 2.50. The molecule has 0 aliphatic heterocycles. The van der Waals surface area contributed by atoms with E-state index in [4.69, 9.17) is 0 Å². The lowest BCUT2D eigenvalue weighted by molar-refractivity contribution is -0.142. The van der Waals surface area contributed by atoms with Crippen LogP contribution < -0.4 is 0 Å². The minimum absolute atomic E-state index is 0.208. The lowest BCUT2D eigenvalue weighted by Crippen LogP contribution is -2.29. The first-order valence-electron chi connectivity index (χ1n) is 4.92. The summed E-state index contributed by atoms with van der Waals surface area (Å²) < 4.78 is 6.38. The normalized spacial score (nSPS) is 10.7. The fourth-order valence-electron chi connectivity index (χ4n) is 1.34. The van der Waals surface area contributed by atoms with Crippen LogP contribution in [0, 0.1) is 0 Å². The number of rotatable bonds is 5. The molecule has 1 aromatic heterocycles. The number of aromatic nitrogens is 2. The second-order valence-electron chi connectivity index (χ2n) is 3.40. The van der Waals surface area contributed by atoms with Gasteiger partial charge in [0.1, 0.15) is 0 Å². The summed E-state index contributed by atoms with van der Waals surface area (Å²) >= 11 is 0. The molecule has 0 aliphatic rings. The van der Waals surface area contributed by atoms with Crippen LogP contribution >= 0.6 is 0 Å². The van der Waals surface area contributed by atoms with Crippen LogP contribution in [0.3, 0.4) is 0 Å². The highest BCUT2D eigenvalue weighted by Crippen LogP contribution is 2.02. The predicted molar refractivity (Wildman–Crippen MR) is 56.2 cm³/mol. The Labute approximate surface area is 89.6 Å². The number of hydrogen-bond donors (Lipinski definition) is 0. The summed E-state index contributed by atoms with van der Waals surface area (Å²) in [5.41, 5.74) is 1.10. The molecule has 0 aromatic carbocycles. The van der Waals surface area contributed by atoms with E-state index in [1.165, 1.54) is 7.11 Å². The van der Waals surface area contributed by atoms with Gasteiger partial charge in [0.25, 0.3) is 0 Å². The topological polar surface area (TPSA) is 47.4 Å². The molecule has 0 unspecified atom stereocenters. The van der Waals surface area contributed by atoms with Gasteiger partial charge in [-0.05, 0) is 6.54 Å². The largest absolute Gasteiger partial charge is 0.468 e. The molecule has 84 valence electrons. The molecule has 0 amide bonds. The fraction of sp³-hybridized carbons (Fsp3) is 0.600. The molecule has 0 saturated heterocycles. The summed E-state index contributed by atoms with van der Waals surface area (Å²) in [7, 11) is 3.28. The molecule has 5 heteroatoms. The quantitative estimate of drug-likeness (QED) is 0.662. The van der Waals surface area contributed by atoms with Crippen molar-refractivity contribution in [2.75, 3.05) is 20.2 Å². The van der Waals surface area contributed by atoms with Crippen molar-refractivity contribution in [3.63, 3.8) is 0 Å². The number of aryl methyl sites for hydroxylation is 1. The number of likely N-dealkylation sites (N-methyl/N-ethyl adjacent to an activating group) is 1. The second kappa shape index (κ2) is 5.50. The Morgan fingerprint density at radius 2 is 2.40 bits per heavy atom. The molecule has 1 aromatic rings. The Morgan fingerprint density at radius 1 is 1.67 bits per heavy atom. The predicted octanol–water partition coefficient (Wildman–Crippen LogP) is 0.415. The zero-order valence-electron chi connectivity index (χ0n) is 9.43. The van der Waals surface area contributed by atoms with E-state index in [1.54, 1.807) is 10.9 Å². The standard InChI is InChI=1S/C10H17N3O2/c1-4-13(8-10(14)15-3)7-9-5-11-12(2)6-9/h5-6H,4,7-8H2,1-3H3. The van der Waals surface area contributed by atoms with Crippen LogP contribution in [0.4, 0.5) is 0 Å². The van der Waals surface area contributed by atoms with Crippen molar-refractivity contribution >= 4 is 5.97 Å². The third kappa shape index (κ3) is 3.71. The van der Waals surface area contributed by atoms with Crippen LogP contribution in [0.25, 0.3) is 0 Å². The number of esters is 1. The molecule has 0 saturated carbocycles. The van der Waals surface area contributed by atoms with E-state index in [2.05, 4.69) is 9.84 Å². The maximum Gasteiger partial charge on any atom is 0.319 e. The van der Waals surface area contributed by atoms with E-state index in [0.717, 1.165) is 18.7 Å². The van der Waals surface area contributed by atoms with Crippen LogP contribution in [0.5, 0.6) is 0 Å². The van der Waals surface area contributed by atoms with E-state index in [9.17, 15) is 4.79 Å². The van der Waals surface area contributed by atoms with E-state index in [1.807, 2.05) is 25.1 Å². The van der Waals surface area contributed by atoms with E-state index < -0.39 is 0 Å². The van der Waals surface area contributed by atoms with Crippen molar-refractivity contribution in [1.82, 2.24) is 14.7 Å². The molecule has 0 spiro atoms. The highest BCUT2D eigenvalue weighted by atomic mass is 16.5. The third-order valence-electron chi connectivity index (χ3n) is 2.19. The summed E-state index contributed by atoms with van der Waals surface area (Å²) in [6.45, 7) is 3.87. The van der Waals surface area contributed by atoms with Crippen molar-refractivity contribution in [3.05, 3.63) is 18.0 Å². The number of carbonyl (C=O) groups is 1. The Hall–Kier alpha value is -1.36. The molecule has 0 fully saturated rings. The molecule has 0 bridgehead atoms. The summed E-state index contributed by atoms with van der Waals surface area (Å²) in [5, 5.41) is 4.08. The molecule has 1 heterocycles. The van der Waals surface area contributed by atoms with Gasteiger partial charge in [0.15, 0.2) is 0 Å². The van der Waals surface area contributed by atoms with Gasteiger partial charge in [0.2, 0.25) is 0 Å². The Kier molecular flexibility index (Phi) is 4.30. The van der Waals surface area contributed by atoms with Crippen LogP contribution in [-0.4, -0.2) is 40.8 Å². The van der Waals surface area contributed by atoms with Gasteiger partial charge < -0.3 is 4.74 Å². The first kappa shape index (κ1) is 11.7.